The smallest absolute Gasteiger partial charge is 0.119 e. The molecule has 0 aromatic carbocycles. The first-order valence-electron chi connectivity index (χ1n) is 3.78. The van der Waals surface area contributed by atoms with E-state index in [2.05, 4.69) is 6.08 Å². The van der Waals surface area contributed by atoms with Gasteiger partial charge in [-0.3, -0.25) is 0 Å². The topological polar surface area (TPSA) is 0 Å². The first kappa shape index (κ1) is 6.59. The van der Waals surface area contributed by atoms with Crippen molar-refractivity contribution in [2.75, 3.05) is 0 Å². The molecule has 0 aliphatic heterocycles. The molecular weight excluding hydrogens is 139 g/mol. The average molecular weight is 148 g/mol. The van der Waals surface area contributed by atoms with Crippen molar-refractivity contribution in [3.63, 3.8) is 0 Å². The van der Waals surface area contributed by atoms with Gasteiger partial charge in [0.25, 0.3) is 0 Å². The third-order valence-electron chi connectivity index (χ3n) is 2.04. The number of rotatable bonds is 0. The van der Waals surface area contributed by atoms with Gasteiger partial charge >= 0.3 is 0 Å². The van der Waals surface area contributed by atoms with E-state index in [1.54, 1.807) is 12.2 Å². The monoisotopic (exact) mass is 148 g/mol. The van der Waals surface area contributed by atoms with Gasteiger partial charge in [0, 0.05) is 5.92 Å². The number of allylic oxidation sites excluding steroid dienone is 8. The summed E-state index contributed by atoms with van der Waals surface area (Å²) in [6.45, 7) is 0. The van der Waals surface area contributed by atoms with Gasteiger partial charge in [0.15, 0.2) is 0 Å². The van der Waals surface area contributed by atoms with E-state index in [0.717, 1.165) is 12.0 Å². The molecule has 11 heavy (non-hydrogen) atoms. The van der Waals surface area contributed by atoms with Crippen molar-refractivity contribution >= 4 is 0 Å². The molecule has 1 unspecified atom stereocenters. The van der Waals surface area contributed by atoms with Crippen molar-refractivity contribution < 1.29 is 4.39 Å². The lowest BCUT2D eigenvalue weighted by atomic mass is 9.88. The SMILES string of the molecule is FC1=CCC2C=CC=CC2=C1. The van der Waals surface area contributed by atoms with Crippen LogP contribution in [0.4, 0.5) is 4.39 Å². The van der Waals surface area contributed by atoms with Crippen LogP contribution in [0.25, 0.3) is 0 Å². The van der Waals surface area contributed by atoms with Gasteiger partial charge < -0.3 is 0 Å². The zero-order chi connectivity index (χ0) is 7.68. The van der Waals surface area contributed by atoms with Crippen LogP contribution in [0.5, 0.6) is 0 Å². The Kier molecular flexibility index (Phi) is 1.50. The highest BCUT2D eigenvalue weighted by Crippen LogP contribution is 2.28. The summed E-state index contributed by atoms with van der Waals surface area (Å²) in [4.78, 5) is 0. The molecule has 0 N–H and O–H groups in total. The molecule has 0 spiro atoms. The lowest BCUT2D eigenvalue weighted by molar-refractivity contribution is 0.630. The summed E-state index contributed by atoms with van der Waals surface area (Å²) in [6, 6.07) is 0. The van der Waals surface area contributed by atoms with E-state index in [9.17, 15) is 4.39 Å². The van der Waals surface area contributed by atoms with Crippen LogP contribution in [-0.4, -0.2) is 0 Å². The summed E-state index contributed by atoms with van der Waals surface area (Å²) in [5, 5.41) is 0. The molecule has 0 amide bonds. The highest BCUT2D eigenvalue weighted by atomic mass is 19.1. The minimum atomic E-state index is -0.101. The summed E-state index contributed by atoms with van der Waals surface area (Å²) in [7, 11) is 0. The molecule has 2 rings (SSSR count). The van der Waals surface area contributed by atoms with Crippen LogP contribution in [0, 0.1) is 5.92 Å². The van der Waals surface area contributed by atoms with Gasteiger partial charge in [-0.05, 0) is 24.1 Å². The van der Waals surface area contributed by atoms with E-state index in [0.29, 0.717) is 5.92 Å². The molecule has 0 radical (unpaired) electrons. The minimum absolute atomic E-state index is 0.101. The number of halogens is 1. The third-order valence-corrected chi connectivity index (χ3v) is 2.04. The quantitative estimate of drug-likeness (QED) is 0.495. The summed E-state index contributed by atoms with van der Waals surface area (Å²) < 4.78 is 12.7. The molecule has 0 fully saturated rings. The van der Waals surface area contributed by atoms with Crippen molar-refractivity contribution in [2.24, 2.45) is 5.92 Å². The van der Waals surface area contributed by atoms with E-state index in [1.807, 2.05) is 18.2 Å². The fourth-order valence-electron chi connectivity index (χ4n) is 1.43. The molecule has 0 bridgehead atoms. The average Bonchev–Trinajstić information content (AvgIpc) is 2.04. The Morgan fingerprint density at radius 3 is 3.18 bits per heavy atom. The zero-order valence-electron chi connectivity index (χ0n) is 6.13. The van der Waals surface area contributed by atoms with Gasteiger partial charge in [0.05, 0.1) is 0 Å². The van der Waals surface area contributed by atoms with Crippen LogP contribution in [0.2, 0.25) is 0 Å². The third kappa shape index (κ3) is 1.18. The molecule has 1 heteroatoms. The highest BCUT2D eigenvalue weighted by molar-refractivity contribution is 5.39. The Hall–Kier alpha value is -1.11. The summed E-state index contributed by atoms with van der Waals surface area (Å²) >= 11 is 0. The van der Waals surface area contributed by atoms with Crippen LogP contribution in [0.1, 0.15) is 6.42 Å². The van der Waals surface area contributed by atoms with E-state index < -0.39 is 0 Å². The van der Waals surface area contributed by atoms with Crippen LogP contribution in [0.15, 0.2) is 47.9 Å². The van der Waals surface area contributed by atoms with Gasteiger partial charge in [-0.15, -0.1) is 0 Å². The fourth-order valence-corrected chi connectivity index (χ4v) is 1.43. The first-order chi connectivity index (χ1) is 5.36. The maximum absolute atomic E-state index is 12.7. The molecule has 2 aliphatic rings. The second-order valence-corrected chi connectivity index (χ2v) is 2.82. The largest absolute Gasteiger partial charge is 0.207 e. The molecule has 0 heterocycles. The van der Waals surface area contributed by atoms with E-state index >= 15 is 0 Å². The number of hydrogen-bond acceptors (Lipinski definition) is 0. The number of hydrogen-bond donors (Lipinski definition) is 0. The van der Waals surface area contributed by atoms with Crippen LogP contribution < -0.4 is 0 Å². The van der Waals surface area contributed by atoms with E-state index in [4.69, 9.17) is 0 Å². The lowest BCUT2D eigenvalue weighted by Gasteiger charge is -2.17. The van der Waals surface area contributed by atoms with E-state index in [-0.39, 0.29) is 5.83 Å². The molecular formula is C10H9F. The van der Waals surface area contributed by atoms with Crippen molar-refractivity contribution in [1.82, 2.24) is 0 Å². The van der Waals surface area contributed by atoms with Crippen LogP contribution in [-0.2, 0) is 0 Å². The Balaban J connectivity index is 2.33. The second kappa shape index (κ2) is 2.50. The zero-order valence-corrected chi connectivity index (χ0v) is 6.13. The summed E-state index contributed by atoms with van der Waals surface area (Å²) in [6.07, 6.45) is 12.1. The molecule has 0 aromatic rings. The Morgan fingerprint density at radius 1 is 1.36 bits per heavy atom. The Morgan fingerprint density at radius 2 is 2.27 bits per heavy atom. The fraction of sp³-hybridized carbons (Fsp3) is 0.200. The van der Waals surface area contributed by atoms with Crippen LogP contribution in [0.3, 0.4) is 0 Å². The maximum atomic E-state index is 12.7. The van der Waals surface area contributed by atoms with Crippen molar-refractivity contribution in [2.45, 2.75) is 6.42 Å². The molecule has 2 aliphatic carbocycles. The van der Waals surface area contributed by atoms with Gasteiger partial charge in [-0.2, -0.15) is 0 Å². The van der Waals surface area contributed by atoms with E-state index in [1.165, 1.54) is 0 Å². The predicted octanol–water partition coefficient (Wildman–Crippen LogP) is 2.91. The lowest BCUT2D eigenvalue weighted by Crippen LogP contribution is -2.04. The molecule has 1 atom stereocenters. The molecule has 0 nitrogen and oxygen atoms in total. The first-order valence-corrected chi connectivity index (χ1v) is 3.78. The Bertz CT molecular complexity index is 279. The van der Waals surface area contributed by atoms with Crippen molar-refractivity contribution in [3.8, 4) is 0 Å². The molecule has 0 saturated carbocycles. The maximum Gasteiger partial charge on any atom is 0.119 e. The number of fused-ring (bicyclic) bond motifs is 1. The van der Waals surface area contributed by atoms with Crippen molar-refractivity contribution in [1.29, 1.82) is 0 Å². The molecule has 0 aromatic heterocycles. The van der Waals surface area contributed by atoms with Gasteiger partial charge in [0.1, 0.15) is 5.83 Å². The Labute approximate surface area is 65.4 Å². The summed E-state index contributed by atoms with van der Waals surface area (Å²) in [5.41, 5.74) is 1.09. The normalized spacial score (nSPS) is 27.5. The van der Waals surface area contributed by atoms with Gasteiger partial charge in [-0.25, -0.2) is 4.39 Å². The second-order valence-electron chi connectivity index (χ2n) is 2.82. The summed E-state index contributed by atoms with van der Waals surface area (Å²) in [5.74, 6) is 0.315. The van der Waals surface area contributed by atoms with Crippen LogP contribution >= 0.6 is 0 Å². The standard InChI is InChI=1S/C10H9F/c11-10-6-5-8-3-1-2-4-9(8)7-10/h1-4,6-8H,5H2. The van der Waals surface area contributed by atoms with Gasteiger partial charge in [0.2, 0.25) is 0 Å². The predicted molar refractivity (Wildman–Crippen MR) is 43.7 cm³/mol. The molecule has 56 valence electrons. The van der Waals surface area contributed by atoms with Gasteiger partial charge in [-0.1, -0.05) is 24.3 Å². The highest BCUT2D eigenvalue weighted by Gasteiger charge is 2.14. The van der Waals surface area contributed by atoms with Crippen molar-refractivity contribution in [3.05, 3.63) is 47.9 Å². The minimum Gasteiger partial charge on any atom is -0.207 e. The molecule has 0 saturated heterocycles.